The summed E-state index contributed by atoms with van der Waals surface area (Å²) in [5.41, 5.74) is 11.7. The standard InChI is InChI=1S/C26H25N5O2/c1-2-20-10-9-11-21(18-20)29-30-22-14-15-25(32)24(19-22)23-12-5-6-13-26(23)33-17-8-4-3-7-16-28-31-27/h1,5-6,9-15,18-19,32H,3-4,7-8,16-17H2. The summed E-state index contributed by atoms with van der Waals surface area (Å²) in [4.78, 5) is 2.76. The molecule has 0 atom stereocenters. The molecule has 7 nitrogen and oxygen atoms in total. The molecule has 0 radical (unpaired) electrons. The fourth-order valence-electron chi connectivity index (χ4n) is 3.26. The first-order chi connectivity index (χ1) is 16.2. The van der Waals surface area contributed by atoms with E-state index in [4.69, 9.17) is 16.7 Å². The Morgan fingerprint density at radius 3 is 2.48 bits per heavy atom. The molecular formula is C26H25N5O2. The zero-order valence-electron chi connectivity index (χ0n) is 18.3. The summed E-state index contributed by atoms with van der Waals surface area (Å²) in [7, 11) is 0. The molecule has 0 unspecified atom stereocenters. The largest absolute Gasteiger partial charge is 0.507 e. The first kappa shape index (κ1) is 23.4. The molecule has 7 heteroatoms. The lowest BCUT2D eigenvalue weighted by molar-refractivity contribution is 0.306. The second-order valence-corrected chi connectivity index (χ2v) is 7.31. The van der Waals surface area contributed by atoms with Crippen LogP contribution >= 0.6 is 0 Å². The number of terminal acetylenes is 1. The van der Waals surface area contributed by atoms with Gasteiger partial charge >= 0.3 is 0 Å². The summed E-state index contributed by atoms with van der Waals surface area (Å²) in [5, 5.41) is 22.6. The normalized spacial score (nSPS) is 10.5. The van der Waals surface area contributed by atoms with E-state index in [0.717, 1.165) is 36.8 Å². The number of azide groups is 1. The number of ether oxygens (including phenoxy) is 1. The zero-order chi connectivity index (χ0) is 23.3. The molecular weight excluding hydrogens is 414 g/mol. The third-order valence-corrected chi connectivity index (χ3v) is 4.92. The first-order valence-electron chi connectivity index (χ1n) is 10.8. The Balaban J connectivity index is 1.69. The maximum absolute atomic E-state index is 10.5. The quantitative estimate of drug-likeness (QED) is 0.109. The lowest BCUT2D eigenvalue weighted by atomic mass is 10.0. The molecule has 3 aromatic carbocycles. The van der Waals surface area contributed by atoms with Crippen LogP contribution in [0, 0.1) is 12.3 Å². The van der Waals surface area contributed by atoms with Crippen LogP contribution in [0.2, 0.25) is 0 Å². The maximum Gasteiger partial charge on any atom is 0.127 e. The Morgan fingerprint density at radius 1 is 0.879 bits per heavy atom. The molecule has 0 amide bonds. The number of para-hydroxylation sites is 1. The van der Waals surface area contributed by atoms with Crippen molar-refractivity contribution in [1.82, 2.24) is 0 Å². The van der Waals surface area contributed by atoms with Crippen LogP contribution in [-0.2, 0) is 0 Å². The third-order valence-electron chi connectivity index (χ3n) is 4.92. The number of hydrogen-bond donors (Lipinski definition) is 1. The van der Waals surface area contributed by atoms with Crippen molar-refractivity contribution in [1.29, 1.82) is 0 Å². The highest BCUT2D eigenvalue weighted by atomic mass is 16.5. The molecule has 166 valence electrons. The molecule has 0 aliphatic rings. The van der Waals surface area contributed by atoms with Gasteiger partial charge in [0, 0.05) is 28.1 Å². The van der Waals surface area contributed by atoms with E-state index in [0.29, 0.717) is 35.8 Å². The summed E-state index contributed by atoms with van der Waals surface area (Å²) in [5.74, 6) is 3.41. The van der Waals surface area contributed by atoms with Gasteiger partial charge in [-0.1, -0.05) is 48.1 Å². The van der Waals surface area contributed by atoms with Crippen LogP contribution in [-0.4, -0.2) is 18.3 Å². The smallest absolute Gasteiger partial charge is 0.127 e. The molecule has 0 fully saturated rings. The fourth-order valence-corrected chi connectivity index (χ4v) is 3.26. The number of phenolic OH excluding ortho intramolecular Hbond substituents is 1. The Hall–Kier alpha value is -4.27. The van der Waals surface area contributed by atoms with Crippen molar-refractivity contribution in [3.8, 4) is 35.0 Å². The summed E-state index contributed by atoms with van der Waals surface area (Å²) >= 11 is 0. The summed E-state index contributed by atoms with van der Waals surface area (Å²) in [6.45, 7) is 1.09. The Bertz CT molecular complexity index is 1190. The predicted molar refractivity (Wildman–Crippen MR) is 130 cm³/mol. The van der Waals surface area contributed by atoms with Gasteiger partial charge in [-0.2, -0.15) is 10.2 Å². The van der Waals surface area contributed by atoms with Gasteiger partial charge in [-0.15, -0.1) is 6.42 Å². The Morgan fingerprint density at radius 2 is 1.67 bits per heavy atom. The molecule has 3 aromatic rings. The fraction of sp³-hybridized carbons (Fsp3) is 0.231. The molecule has 0 spiro atoms. The van der Waals surface area contributed by atoms with Crippen LogP contribution in [0.25, 0.3) is 21.6 Å². The van der Waals surface area contributed by atoms with Gasteiger partial charge in [0.25, 0.3) is 0 Å². The minimum atomic E-state index is 0.136. The second-order valence-electron chi connectivity index (χ2n) is 7.31. The van der Waals surface area contributed by atoms with Gasteiger partial charge in [0.05, 0.1) is 18.0 Å². The van der Waals surface area contributed by atoms with Gasteiger partial charge in [0.2, 0.25) is 0 Å². The van der Waals surface area contributed by atoms with E-state index in [1.165, 1.54) is 0 Å². The van der Waals surface area contributed by atoms with E-state index in [-0.39, 0.29) is 5.75 Å². The predicted octanol–water partition coefficient (Wildman–Crippen LogP) is 7.71. The van der Waals surface area contributed by atoms with E-state index in [1.54, 1.807) is 24.3 Å². The van der Waals surface area contributed by atoms with Gasteiger partial charge in [-0.05, 0) is 60.8 Å². The molecule has 0 saturated carbocycles. The van der Waals surface area contributed by atoms with Crippen LogP contribution < -0.4 is 4.74 Å². The average molecular weight is 440 g/mol. The van der Waals surface area contributed by atoms with Crippen molar-refractivity contribution in [2.45, 2.75) is 25.7 Å². The SMILES string of the molecule is C#Cc1cccc(N=Nc2ccc(O)c(-c3ccccc3OCCCCCCN=[N+]=[N-])c2)c1. The van der Waals surface area contributed by atoms with Crippen LogP contribution in [0.3, 0.4) is 0 Å². The van der Waals surface area contributed by atoms with E-state index in [9.17, 15) is 5.11 Å². The van der Waals surface area contributed by atoms with Crippen LogP contribution in [0.4, 0.5) is 11.4 Å². The van der Waals surface area contributed by atoms with Crippen LogP contribution in [0.15, 0.2) is 82.1 Å². The van der Waals surface area contributed by atoms with Crippen molar-refractivity contribution in [2.24, 2.45) is 15.3 Å². The Labute approximate surface area is 193 Å². The van der Waals surface area contributed by atoms with Crippen LogP contribution in [0.1, 0.15) is 31.2 Å². The van der Waals surface area contributed by atoms with E-state index >= 15 is 0 Å². The molecule has 33 heavy (non-hydrogen) atoms. The average Bonchev–Trinajstić information content (AvgIpc) is 2.85. The van der Waals surface area contributed by atoms with E-state index in [1.807, 2.05) is 42.5 Å². The lowest BCUT2D eigenvalue weighted by Gasteiger charge is -2.13. The number of nitrogens with zero attached hydrogens (tertiary/aromatic N) is 5. The maximum atomic E-state index is 10.5. The highest BCUT2D eigenvalue weighted by molar-refractivity contribution is 5.77. The number of rotatable bonds is 11. The van der Waals surface area contributed by atoms with Crippen LogP contribution in [0.5, 0.6) is 11.5 Å². The van der Waals surface area contributed by atoms with Gasteiger partial charge in [0.1, 0.15) is 11.5 Å². The number of aromatic hydroxyl groups is 1. The van der Waals surface area contributed by atoms with Gasteiger partial charge < -0.3 is 9.84 Å². The second kappa shape index (κ2) is 12.6. The topological polar surface area (TPSA) is 103 Å². The molecule has 0 aliphatic carbocycles. The van der Waals surface area contributed by atoms with Crippen molar-refractivity contribution in [3.63, 3.8) is 0 Å². The Kier molecular flexibility index (Phi) is 8.90. The van der Waals surface area contributed by atoms with Gasteiger partial charge in [-0.3, -0.25) is 0 Å². The van der Waals surface area contributed by atoms with Gasteiger partial charge in [0.15, 0.2) is 0 Å². The number of phenols is 1. The van der Waals surface area contributed by atoms with Crippen molar-refractivity contribution < 1.29 is 9.84 Å². The van der Waals surface area contributed by atoms with Crippen molar-refractivity contribution in [3.05, 3.63) is 82.7 Å². The number of benzene rings is 3. The minimum absolute atomic E-state index is 0.136. The summed E-state index contributed by atoms with van der Waals surface area (Å²) in [6, 6.07) is 19.9. The molecule has 0 heterocycles. The van der Waals surface area contributed by atoms with Crippen molar-refractivity contribution >= 4 is 11.4 Å². The highest BCUT2D eigenvalue weighted by Crippen LogP contribution is 2.38. The zero-order valence-corrected chi connectivity index (χ0v) is 18.3. The van der Waals surface area contributed by atoms with E-state index < -0.39 is 0 Å². The molecule has 0 bridgehead atoms. The van der Waals surface area contributed by atoms with Gasteiger partial charge in [-0.25, -0.2) is 0 Å². The number of hydrogen-bond acceptors (Lipinski definition) is 5. The summed E-state index contributed by atoms with van der Waals surface area (Å²) in [6.07, 6.45) is 9.19. The minimum Gasteiger partial charge on any atom is -0.507 e. The highest BCUT2D eigenvalue weighted by Gasteiger charge is 2.11. The third kappa shape index (κ3) is 7.13. The molecule has 0 aromatic heterocycles. The molecule has 1 N–H and O–H groups in total. The molecule has 3 rings (SSSR count). The van der Waals surface area contributed by atoms with Crippen molar-refractivity contribution in [2.75, 3.05) is 13.2 Å². The summed E-state index contributed by atoms with van der Waals surface area (Å²) < 4.78 is 6.00. The molecule has 0 saturated heterocycles. The number of azo groups is 1. The first-order valence-corrected chi connectivity index (χ1v) is 10.8. The molecule has 0 aliphatic heterocycles. The lowest BCUT2D eigenvalue weighted by Crippen LogP contribution is -1.99. The number of unbranched alkanes of at least 4 members (excludes halogenated alkanes) is 3. The monoisotopic (exact) mass is 439 g/mol. The van der Waals surface area contributed by atoms with E-state index in [2.05, 4.69) is 26.2 Å².